The topological polar surface area (TPSA) is 80.3 Å². The fourth-order valence-corrected chi connectivity index (χ4v) is 4.93. The summed E-state index contributed by atoms with van der Waals surface area (Å²) in [5.74, 6) is 0.989. The summed E-state index contributed by atoms with van der Waals surface area (Å²) < 4.78 is 16.3. The first-order valence-corrected chi connectivity index (χ1v) is 12.6. The first-order chi connectivity index (χ1) is 17.4. The maximum Gasteiger partial charge on any atom is 0.225 e. The number of morpholine rings is 1. The van der Waals surface area contributed by atoms with Crippen molar-refractivity contribution in [2.75, 3.05) is 47.0 Å². The van der Waals surface area contributed by atoms with Crippen LogP contribution in [0.15, 0.2) is 42.5 Å². The summed E-state index contributed by atoms with van der Waals surface area (Å²) in [6.07, 6.45) is 1.20. The van der Waals surface area contributed by atoms with Crippen molar-refractivity contribution in [1.29, 1.82) is 0 Å². The van der Waals surface area contributed by atoms with Crippen molar-refractivity contribution in [3.05, 3.63) is 59.2 Å². The second-order valence-corrected chi connectivity index (χ2v) is 9.63. The fourth-order valence-electron chi connectivity index (χ4n) is 4.93. The molecule has 2 heterocycles. The van der Waals surface area contributed by atoms with E-state index in [2.05, 4.69) is 29.3 Å². The van der Waals surface area contributed by atoms with E-state index in [4.69, 9.17) is 14.2 Å². The van der Waals surface area contributed by atoms with Crippen molar-refractivity contribution in [3.8, 4) is 11.5 Å². The molecule has 36 heavy (non-hydrogen) atoms. The number of nitrogens with zero attached hydrogens (tertiary/aromatic N) is 2. The lowest BCUT2D eigenvalue weighted by Gasteiger charge is -2.31. The number of rotatable bonds is 10. The van der Waals surface area contributed by atoms with E-state index in [1.165, 1.54) is 5.56 Å². The Morgan fingerprint density at radius 2 is 1.86 bits per heavy atom. The van der Waals surface area contributed by atoms with Crippen molar-refractivity contribution in [1.82, 2.24) is 15.1 Å². The minimum Gasteiger partial charge on any atom is -0.493 e. The number of ether oxygens (including phenoxy) is 3. The summed E-state index contributed by atoms with van der Waals surface area (Å²) in [6.45, 7) is 7.09. The van der Waals surface area contributed by atoms with Gasteiger partial charge in [-0.3, -0.25) is 14.5 Å². The summed E-state index contributed by atoms with van der Waals surface area (Å²) in [7, 11) is 3.21. The predicted molar refractivity (Wildman–Crippen MR) is 137 cm³/mol. The van der Waals surface area contributed by atoms with Crippen LogP contribution in [0.2, 0.25) is 0 Å². The van der Waals surface area contributed by atoms with Gasteiger partial charge in [0, 0.05) is 45.7 Å². The molecule has 2 aromatic rings. The van der Waals surface area contributed by atoms with Crippen LogP contribution >= 0.6 is 0 Å². The summed E-state index contributed by atoms with van der Waals surface area (Å²) in [5.41, 5.74) is 3.35. The van der Waals surface area contributed by atoms with Crippen molar-refractivity contribution in [2.24, 2.45) is 5.92 Å². The maximum absolute atomic E-state index is 12.8. The van der Waals surface area contributed by atoms with E-state index >= 15 is 0 Å². The maximum atomic E-state index is 12.8. The van der Waals surface area contributed by atoms with Gasteiger partial charge in [-0.05, 0) is 42.2 Å². The molecule has 0 saturated carbocycles. The molecule has 2 fully saturated rings. The van der Waals surface area contributed by atoms with Crippen molar-refractivity contribution in [2.45, 2.75) is 39.0 Å². The van der Waals surface area contributed by atoms with Crippen LogP contribution in [0.3, 0.4) is 0 Å². The minimum atomic E-state index is -0.319. The molecule has 0 aromatic heterocycles. The Balaban J connectivity index is 1.25. The van der Waals surface area contributed by atoms with Crippen LogP contribution in [-0.2, 0) is 33.8 Å². The summed E-state index contributed by atoms with van der Waals surface area (Å²) >= 11 is 0. The molecule has 2 aliphatic heterocycles. The third kappa shape index (κ3) is 6.77. The van der Waals surface area contributed by atoms with Crippen molar-refractivity contribution < 1.29 is 23.8 Å². The number of likely N-dealkylation sites (tertiary alicyclic amines) is 1. The Hall–Kier alpha value is -3.10. The highest BCUT2D eigenvalue weighted by molar-refractivity contribution is 5.89. The van der Waals surface area contributed by atoms with E-state index in [1.807, 2.05) is 30.3 Å². The van der Waals surface area contributed by atoms with Gasteiger partial charge in [0.1, 0.15) is 0 Å². The monoisotopic (exact) mass is 495 g/mol. The molecule has 2 atom stereocenters. The molecule has 4 rings (SSSR count). The number of amides is 2. The SMILES string of the molecule is COc1ccc(CCN2CC(C(=O)NCc3cccc(CN4CCOC(C)C4)c3)CC2=O)cc1OC. The molecule has 2 unspecified atom stereocenters. The molecule has 2 saturated heterocycles. The Kier molecular flexibility index (Phi) is 8.83. The number of hydrogen-bond acceptors (Lipinski definition) is 6. The fraction of sp³-hybridized carbons (Fsp3) is 0.500. The molecular weight excluding hydrogens is 458 g/mol. The molecule has 8 heteroatoms. The van der Waals surface area contributed by atoms with Crippen molar-refractivity contribution in [3.63, 3.8) is 0 Å². The molecule has 1 N–H and O–H groups in total. The molecule has 0 aliphatic carbocycles. The van der Waals surface area contributed by atoms with E-state index in [1.54, 1.807) is 19.1 Å². The largest absolute Gasteiger partial charge is 0.493 e. The minimum absolute atomic E-state index is 0.0253. The molecule has 2 aromatic carbocycles. The first-order valence-electron chi connectivity index (χ1n) is 12.6. The van der Waals surface area contributed by atoms with Gasteiger partial charge in [0.2, 0.25) is 11.8 Å². The molecule has 0 radical (unpaired) electrons. The Morgan fingerprint density at radius 3 is 2.64 bits per heavy atom. The van der Waals surface area contributed by atoms with Crippen LogP contribution in [0, 0.1) is 5.92 Å². The van der Waals surface area contributed by atoms with Crippen LogP contribution < -0.4 is 14.8 Å². The quantitative estimate of drug-likeness (QED) is 0.546. The van der Waals surface area contributed by atoms with Crippen LogP contribution in [0.5, 0.6) is 11.5 Å². The molecule has 0 bridgehead atoms. The van der Waals surface area contributed by atoms with Gasteiger partial charge in [-0.2, -0.15) is 0 Å². The van der Waals surface area contributed by atoms with Crippen LogP contribution in [0.25, 0.3) is 0 Å². The van der Waals surface area contributed by atoms with Crippen molar-refractivity contribution >= 4 is 11.8 Å². The third-order valence-corrected chi connectivity index (χ3v) is 6.89. The average molecular weight is 496 g/mol. The standard InChI is InChI=1S/C28H37N3O5/c1-20-17-30(11-12-36-20)18-23-6-4-5-22(13-23)16-29-28(33)24-15-27(32)31(19-24)10-9-21-7-8-25(34-2)26(14-21)35-3/h4-8,13-14,20,24H,9-12,15-19H2,1-3H3,(H,29,33). The number of hydrogen-bond donors (Lipinski definition) is 1. The Labute approximate surface area is 213 Å². The van der Waals surface area contributed by atoms with Gasteiger partial charge < -0.3 is 24.4 Å². The lowest BCUT2D eigenvalue weighted by Crippen LogP contribution is -2.40. The van der Waals surface area contributed by atoms with Crippen LogP contribution in [0.4, 0.5) is 0 Å². The molecule has 0 spiro atoms. The third-order valence-electron chi connectivity index (χ3n) is 6.89. The summed E-state index contributed by atoms with van der Waals surface area (Å²) in [4.78, 5) is 29.6. The zero-order chi connectivity index (χ0) is 25.5. The smallest absolute Gasteiger partial charge is 0.225 e. The van der Waals surface area contributed by atoms with Gasteiger partial charge in [-0.25, -0.2) is 0 Å². The van der Waals surface area contributed by atoms with E-state index in [0.29, 0.717) is 37.6 Å². The lowest BCUT2D eigenvalue weighted by atomic mass is 10.1. The van der Waals surface area contributed by atoms with Gasteiger partial charge in [0.05, 0.1) is 32.8 Å². The summed E-state index contributed by atoms with van der Waals surface area (Å²) in [6, 6.07) is 14.1. The predicted octanol–water partition coefficient (Wildman–Crippen LogP) is 2.63. The molecular formula is C28H37N3O5. The van der Waals surface area contributed by atoms with Gasteiger partial charge in [-0.15, -0.1) is 0 Å². The van der Waals surface area contributed by atoms with Crippen LogP contribution in [-0.4, -0.2) is 74.7 Å². The number of carbonyl (C=O) groups is 2. The highest BCUT2D eigenvalue weighted by Crippen LogP contribution is 2.28. The average Bonchev–Trinajstić information content (AvgIpc) is 3.26. The Morgan fingerprint density at radius 1 is 1.06 bits per heavy atom. The van der Waals surface area contributed by atoms with Crippen LogP contribution in [0.1, 0.15) is 30.0 Å². The highest BCUT2D eigenvalue weighted by atomic mass is 16.5. The second-order valence-electron chi connectivity index (χ2n) is 9.63. The van der Waals surface area contributed by atoms with Gasteiger partial charge >= 0.3 is 0 Å². The summed E-state index contributed by atoms with van der Waals surface area (Å²) in [5, 5.41) is 3.04. The molecule has 2 aliphatic rings. The second kappa shape index (κ2) is 12.2. The van der Waals surface area contributed by atoms with E-state index in [0.717, 1.165) is 37.4 Å². The zero-order valence-corrected chi connectivity index (χ0v) is 21.5. The molecule has 2 amide bonds. The lowest BCUT2D eigenvalue weighted by molar-refractivity contribution is -0.129. The van der Waals surface area contributed by atoms with Gasteiger partial charge in [-0.1, -0.05) is 30.3 Å². The number of carbonyl (C=O) groups excluding carboxylic acids is 2. The number of benzene rings is 2. The van der Waals surface area contributed by atoms with E-state index < -0.39 is 0 Å². The number of methoxy groups -OCH3 is 2. The molecule has 8 nitrogen and oxygen atoms in total. The van der Waals surface area contributed by atoms with E-state index in [9.17, 15) is 9.59 Å². The van der Waals surface area contributed by atoms with Gasteiger partial charge in [0.25, 0.3) is 0 Å². The Bertz CT molecular complexity index is 1060. The first kappa shape index (κ1) is 26.0. The zero-order valence-electron chi connectivity index (χ0n) is 21.5. The molecule has 194 valence electrons. The highest BCUT2D eigenvalue weighted by Gasteiger charge is 2.33. The van der Waals surface area contributed by atoms with E-state index in [-0.39, 0.29) is 30.3 Å². The van der Waals surface area contributed by atoms with Gasteiger partial charge in [0.15, 0.2) is 11.5 Å². The number of nitrogens with one attached hydrogen (secondary N) is 1. The normalized spacial score (nSPS) is 20.4.